The van der Waals surface area contributed by atoms with Crippen molar-refractivity contribution in [3.63, 3.8) is 0 Å². The quantitative estimate of drug-likeness (QED) is 0.386. The maximum Gasteiger partial charge on any atom is 0.246 e. The Labute approximate surface area is 198 Å². The first-order valence-electron chi connectivity index (χ1n) is 10.8. The van der Waals surface area contributed by atoms with Crippen molar-refractivity contribution in [1.29, 1.82) is 0 Å². The molecule has 0 atom stereocenters. The second kappa shape index (κ2) is 8.31. The molecule has 0 spiro atoms. The highest BCUT2D eigenvalue weighted by Gasteiger charge is 2.16. The molecule has 168 valence electrons. The Morgan fingerprint density at radius 1 is 0.941 bits per heavy atom. The number of hydrogen-bond acceptors (Lipinski definition) is 6. The molecule has 1 aliphatic heterocycles. The van der Waals surface area contributed by atoms with Crippen LogP contribution in [0.5, 0.6) is 11.5 Å². The van der Waals surface area contributed by atoms with E-state index in [1.54, 1.807) is 12.1 Å². The third-order valence-electron chi connectivity index (χ3n) is 5.77. The van der Waals surface area contributed by atoms with Crippen molar-refractivity contribution in [3.05, 3.63) is 82.3 Å². The number of ether oxygens (including phenoxy) is 2. The van der Waals surface area contributed by atoms with Crippen molar-refractivity contribution in [3.8, 4) is 22.8 Å². The summed E-state index contributed by atoms with van der Waals surface area (Å²) in [5, 5.41) is 6.47. The van der Waals surface area contributed by atoms with E-state index in [4.69, 9.17) is 9.47 Å². The van der Waals surface area contributed by atoms with E-state index in [0.29, 0.717) is 34.9 Å². The molecular formula is C26H19N3O4S. The first-order valence-corrected chi connectivity index (χ1v) is 11.7. The number of nitrogens with one attached hydrogen (secondary N) is 1. The van der Waals surface area contributed by atoms with Gasteiger partial charge in [0.25, 0.3) is 0 Å². The van der Waals surface area contributed by atoms with E-state index in [2.05, 4.69) is 10.3 Å². The molecule has 3 aromatic carbocycles. The Kier molecular flexibility index (Phi) is 5.00. The number of carbonyl (C=O) groups is 1. The second-order valence-electron chi connectivity index (χ2n) is 7.89. The molecule has 0 radical (unpaired) electrons. The van der Waals surface area contributed by atoms with Crippen LogP contribution in [0.15, 0.2) is 76.9 Å². The first kappa shape index (κ1) is 20.4. The number of anilines is 1. The number of benzene rings is 3. The van der Waals surface area contributed by atoms with Crippen LogP contribution >= 0.6 is 11.3 Å². The topological polar surface area (TPSA) is 82.5 Å². The van der Waals surface area contributed by atoms with Gasteiger partial charge in [0.2, 0.25) is 5.91 Å². The Morgan fingerprint density at radius 3 is 2.35 bits per heavy atom. The van der Waals surface area contributed by atoms with Crippen LogP contribution in [0.4, 0.5) is 5.13 Å². The van der Waals surface area contributed by atoms with Gasteiger partial charge in [-0.3, -0.25) is 9.59 Å². The van der Waals surface area contributed by atoms with E-state index in [1.807, 2.05) is 64.5 Å². The number of carbonyl (C=O) groups excluding carboxylic acids is 1. The molecule has 3 heterocycles. The molecule has 2 aromatic heterocycles. The van der Waals surface area contributed by atoms with Crippen LogP contribution in [-0.4, -0.2) is 28.7 Å². The zero-order chi connectivity index (χ0) is 23.1. The summed E-state index contributed by atoms with van der Waals surface area (Å²) in [4.78, 5) is 30.5. The number of amides is 1. The van der Waals surface area contributed by atoms with Gasteiger partial charge in [0.15, 0.2) is 22.1 Å². The average Bonchev–Trinajstić information content (AvgIpc) is 3.34. The fourth-order valence-corrected chi connectivity index (χ4v) is 4.95. The van der Waals surface area contributed by atoms with E-state index in [1.165, 1.54) is 11.3 Å². The summed E-state index contributed by atoms with van der Waals surface area (Å²) in [5.74, 6) is 1.20. The molecular weight excluding hydrogens is 450 g/mol. The molecule has 0 saturated carbocycles. The van der Waals surface area contributed by atoms with Crippen molar-refractivity contribution in [1.82, 2.24) is 9.55 Å². The molecule has 8 heteroatoms. The lowest BCUT2D eigenvalue weighted by Crippen LogP contribution is -2.21. The fraction of sp³-hybridized carbons (Fsp3) is 0.115. The van der Waals surface area contributed by atoms with Crippen LogP contribution in [0.25, 0.3) is 33.1 Å². The van der Waals surface area contributed by atoms with E-state index in [-0.39, 0.29) is 17.9 Å². The lowest BCUT2D eigenvalue weighted by molar-refractivity contribution is -0.116. The van der Waals surface area contributed by atoms with E-state index < -0.39 is 0 Å². The molecule has 1 aliphatic rings. The summed E-state index contributed by atoms with van der Waals surface area (Å²) in [6.45, 7) is 1.11. The molecule has 5 aromatic rings. The minimum atomic E-state index is -0.220. The molecule has 6 rings (SSSR count). The predicted molar refractivity (Wildman–Crippen MR) is 133 cm³/mol. The predicted octanol–water partition coefficient (Wildman–Crippen LogP) is 4.69. The molecule has 0 saturated heterocycles. The Balaban J connectivity index is 1.28. The van der Waals surface area contributed by atoms with Crippen LogP contribution < -0.4 is 20.2 Å². The number of fused-ring (bicyclic) bond motifs is 3. The summed E-state index contributed by atoms with van der Waals surface area (Å²) >= 11 is 1.36. The maximum absolute atomic E-state index is 13.0. The lowest BCUT2D eigenvalue weighted by atomic mass is 10.1. The smallest absolute Gasteiger partial charge is 0.246 e. The fourth-order valence-electron chi connectivity index (χ4n) is 4.22. The van der Waals surface area contributed by atoms with Crippen LogP contribution in [0.1, 0.15) is 0 Å². The highest BCUT2D eigenvalue weighted by atomic mass is 32.1. The molecule has 7 nitrogen and oxygen atoms in total. The van der Waals surface area contributed by atoms with Gasteiger partial charge in [0, 0.05) is 21.7 Å². The number of thiazole rings is 1. The summed E-state index contributed by atoms with van der Waals surface area (Å²) in [6.07, 6.45) is 0. The van der Waals surface area contributed by atoms with Crippen LogP contribution in [0.2, 0.25) is 0 Å². The van der Waals surface area contributed by atoms with Crippen LogP contribution in [0, 0.1) is 0 Å². The van der Waals surface area contributed by atoms with Gasteiger partial charge < -0.3 is 19.4 Å². The van der Waals surface area contributed by atoms with Crippen LogP contribution in [-0.2, 0) is 11.3 Å². The van der Waals surface area contributed by atoms with Crippen molar-refractivity contribution in [2.24, 2.45) is 0 Å². The molecule has 0 bridgehead atoms. The van der Waals surface area contributed by atoms with E-state index >= 15 is 0 Å². The number of nitrogens with zero attached hydrogens (tertiary/aromatic N) is 2. The normalized spacial score (nSPS) is 12.7. The minimum absolute atomic E-state index is 0.0353. The maximum atomic E-state index is 13.0. The number of para-hydroxylation sites is 2. The second-order valence-corrected chi connectivity index (χ2v) is 8.75. The highest BCUT2D eigenvalue weighted by Crippen LogP contribution is 2.35. The van der Waals surface area contributed by atoms with E-state index in [9.17, 15) is 9.59 Å². The number of aromatic nitrogens is 2. The average molecular weight is 470 g/mol. The summed E-state index contributed by atoms with van der Waals surface area (Å²) in [7, 11) is 0. The monoisotopic (exact) mass is 469 g/mol. The van der Waals surface area contributed by atoms with Gasteiger partial charge in [-0.25, -0.2) is 4.98 Å². The number of hydrogen-bond donors (Lipinski definition) is 1. The van der Waals surface area contributed by atoms with Crippen molar-refractivity contribution >= 4 is 44.2 Å². The summed E-state index contributed by atoms with van der Waals surface area (Å²) < 4.78 is 13.1. The van der Waals surface area contributed by atoms with Crippen molar-refractivity contribution in [2.75, 3.05) is 18.5 Å². The largest absolute Gasteiger partial charge is 0.486 e. The third kappa shape index (κ3) is 3.58. The van der Waals surface area contributed by atoms with Gasteiger partial charge in [0.1, 0.15) is 19.8 Å². The Morgan fingerprint density at radius 2 is 1.62 bits per heavy atom. The van der Waals surface area contributed by atoms with Gasteiger partial charge in [0.05, 0.1) is 16.7 Å². The van der Waals surface area contributed by atoms with Gasteiger partial charge in [-0.15, -0.1) is 11.3 Å². The standard InChI is InChI=1S/C26H19N3O4S/c30-24(14-29-20-7-3-1-5-17(20)25(31)18-6-2-4-8-21(18)29)28-26-27-19(15-34-26)16-9-10-22-23(13-16)33-12-11-32-22/h1-10,13,15H,11-12,14H2,(H,27,28,30). The van der Waals surface area contributed by atoms with E-state index in [0.717, 1.165) is 28.0 Å². The molecule has 1 N–H and O–H groups in total. The van der Waals surface area contributed by atoms with Crippen molar-refractivity contribution in [2.45, 2.75) is 6.54 Å². The first-order chi connectivity index (χ1) is 16.7. The summed E-state index contributed by atoms with van der Waals surface area (Å²) in [6, 6.07) is 20.4. The molecule has 0 fully saturated rings. The third-order valence-corrected chi connectivity index (χ3v) is 6.53. The molecule has 0 aliphatic carbocycles. The zero-order valence-electron chi connectivity index (χ0n) is 18.0. The SMILES string of the molecule is O=C(Cn1c2ccccc2c(=O)c2ccccc21)Nc1nc(-c2ccc3c(c2)OCCO3)cs1. The highest BCUT2D eigenvalue weighted by molar-refractivity contribution is 7.14. The zero-order valence-corrected chi connectivity index (χ0v) is 18.8. The molecule has 0 unspecified atom stereocenters. The number of rotatable bonds is 4. The van der Waals surface area contributed by atoms with Crippen molar-refractivity contribution < 1.29 is 14.3 Å². The van der Waals surface area contributed by atoms with Gasteiger partial charge in [-0.2, -0.15) is 0 Å². The molecule has 34 heavy (non-hydrogen) atoms. The Bertz CT molecular complexity index is 1560. The number of pyridine rings is 1. The minimum Gasteiger partial charge on any atom is -0.486 e. The van der Waals surface area contributed by atoms with Gasteiger partial charge in [-0.05, 0) is 42.5 Å². The Hall–Kier alpha value is -4.17. The lowest BCUT2D eigenvalue weighted by Gasteiger charge is -2.18. The van der Waals surface area contributed by atoms with Gasteiger partial charge >= 0.3 is 0 Å². The molecule has 1 amide bonds. The van der Waals surface area contributed by atoms with Crippen LogP contribution in [0.3, 0.4) is 0 Å². The van der Waals surface area contributed by atoms with Gasteiger partial charge in [-0.1, -0.05) is 24.3 Å². The summed E-state index contributed by atoms with van der Waals surface area (Å²) in [5.41, 5.74) is 3.04.